The highest BCUT2D eigenvalue weighted by Crippen LogP contribution is 2.19. The fourth-order valence-corrected chi connectivity index (χ4v) is 2.16. The van der Waals surface area contributed by atoms with Crippen LogP contribution in [0.15, 0.2) is 0 Å². The summed E-state index contributed by atoms with van der Waals surface area (Å²) in [7, 11) is 1.92. The summed E-state index contributed by atoms with van der Waals surface area (Å²) >= 11 is 0. The standard InChI is InChI=1S/C11H23N3O/c1-5-6-9-7-14(10(15)13-9)11(2,3)8-12-4/h9,12H,5-8H2,1-4H3,(H,13,15). The number of amides is 2. The Labute approximate surface area is 92.4 Å². The van der Waals surface area contributed by atoms with Gasteiger partial charge in [0.05, 0.1) is 5.54 Å². The van der Waals surface area contributed by atoms with E-state index in [1.54, 1.807) is 0 Å². The maximum absolute atomic E-state index is 11.8. The van der Waals surface area contributed by atoms with Crippen molar-refractivity contribution in [1.29, 1.82) is 0 Å². The highest BCUT2D eigenvalue weighted by molar-refractivity contribution is 5.77. The van der Waals surface area contributed by atoms with E-state index >= 15 is 0 Å². The summed E-state index contributed by atoms with van der Waals surface area (Å²) in [6.45, 7) is 7.99. The van der Waals surface area contributed by atoms with Crippen molar-refractivity contribution in [2.24, 2.45) is 0 Å². The number of carbonyl (C=O) groups is 1. The predicted molar refractivity (Wildman–Crippen MR) is 61.9 cm³/mol. The minimum atomic E-state index is -0.110. The summed E-state index contributed by atoms with van der Waals surface area (Å²) < 4.78 is 0. The van der Waals surface area contributed by atoms with Crippen molar-refractivity contribution >= 4 is 6.03 Å². The zero-order valence-corrected chi connectivity index (χ0v) is 10.3. The van der Waals surface area contributed by atoms with Crippen LogP contribution in [0.5, 0.6) is 0 Å². The molecule has 4 heteroatoms. The first-order valence-corrected chi connectivity index (χ1v) is 5.74. The second-order valence-electron chi connectivity index (χ2n) is 4.89. The van der Waals surface area contributed by atoms with Gasteiger partial charge >= 0.3 is 6.03 Å². The Morgan fingerprint density at radius 3 is 2.80 bits per heavy atom. The average molecular weight is 213 g/mol. The van der Waals surface area contributed by atoms with E-state index in [0.717, 1.165) is 25.9 Å². The Morgan fingerprint density at radius 1 is 1.60 bits per heavy atom. The molecule has 2 amide bonds. The van der Waals surface area contributed by atoms with Crippen LogP contribution in [0.1, 0.15) is 33.6 Å². The number of carbonyl (C=O) groups excluding carboxylic acids is 1. The Hall–Kier alpha value is -0.770. The molecule has 1 unspecified atom stereocenters. The van der Waals surface area contributed by atoms with E-state index in [2.05, 4.69) is 31.4 Å². The molecule has 0 aromatic rings. The molecule has 2 N–H and O–H groups in total. The summed E-state index contributed by atoms with van der Waals surface area (Å²) in [6, 6.07) is 0.410. The molecule has 1 fully saturated rings. The lowest BCUT2D eigenvalue weighted by Gasteiger charge is -2.34. The maximum atomic E-state index is 11.8. The van der Waals surface area contributed by atoms with E-state index in [9.17, 15) is 4.79 Å². The molecular weight excluding hydrogens is 190 g/mol. The molecule has 0 aromatic carbocycles. The number of nitrogens with zero attached hydrogens (tertiary/aromatic N) is 1. The molecule has 15 heavy (non-hydrogen) atoms. The predicted octanol–water partition coefficient (Wildman–Crippen LogP) is 1.18. The van der Waals surface area contributed by atoms with Gasteiger partial charge in [0.1, 0.15) is 0 Å². The molecule has 0 radical (unpaired) electrons. The lowest BCUT2D eigenvalue weighted by Crippen LogP contribution is -2.51. The highest BCUT2D eigenvalue weighted by atomic mass is 16.2. The topological polar surface area (TPSA) is 44.4 Å². The van der Waals surface area contributed by atoms with Crippen molar-refractivity contribution in [2.75, 3.05) is 20.1 Å². The van der Waals surface area contributed by atoms with Crippen molar-refractivity contribution in [3.63, 3.8) is 0 Å². The molecule has 1 heterocycles. The third kappa shape index (κ3) is 2.84. The molecule has 0 bridgehead atoms. The zero-order chi connectivity index (χ0) is 11.5. The van der Waals surface area contributed by atoms with Crippen molar-refractivity contribution in [1.82, 2.24) is 15.5 Å². The van der Waals surface area contributed by atoms with Crippen molar-refractivity contribution < 1.29 is 4.79 Å². The number of rotatable bonds is 5. The zero-order valence-electron chi connectivity index (χ0n) is 10.3. The van der Waals surface area contributed by atoms with E-state index in [1.165, 1.54) is 0 Å². The summed E-state index contributed by atoms with van der Waals surface area (Å²) in [5, 5.41) is 6.16. The van der Waals surface area contributed by atoms with Gasteiger partial charge < -0.3 is 15.5 Å². The van der Waals surface area contributed by atoms with Crippen molar-refractivity contribution in [3.05, 3.63) is 0 Å². The molecule has 88 valence electrons. The van der Waals surface area contributed by atoms with Gasteiger partial charge in [-0.3, -0.25) is 0 Å². The van der Waals surface area contributed by atoms with Crippen LogP contribution in [0.4, 0.5) is 4.79 Å². The highest BCUT2D eigenvalue weighted by Gasteiger charge is 2.37. The van der Waals surface area contributed by atoms with Gasteiger partial charge in [-0.05, 0) is 27.3 Å². The third-order valence-electron chi connectivity index (χ3n) is 2.95. The molecule has 4 nitrogen and oxygen atoms in total. The Balaban J connectivity index is 2.60. The van der Waals surface area contributed by atoms with Gasteiger partial charge in [-0.25, -0.2) is 4.79 Å². The number of likely N-dealkylation sites (N-methyl/N-ethyl adjacent to an activating group) is 1. The second kappa shape index (κ2) is 4.84. The van der Waals surface area contributed by atoms with E-state index in [1.807, 2.05) is 11.9 Å². The van der Waals surface area contributed by atoms with Crippen LogP contribution in [-0.2, 0) is 0 Å². The number of hydrogen-bond donors (Lipinski definition) is 2. The quantitative estimate of drug-likeness (QED) is 0.720. The van der Waals surface area contributed by atoms with E-state index < -0.39 is 0 Å². The lowest BCUT2D eigenvalue weighted by atomic mass is 10.0. The van der Waals surface area contributed by atoms with Crippen LogP contribution in [0.25, 0.3) is 0 Å². The van der Waals surface area contributed by atoms with Crippen molar-refractivity contribution in [3.8, 4) is 0 Å². The first kappa shape index (κ1) is 12.3. The third-order valence-corrected chi connectivity index (χ3v) is 2.95. The average Bonchev–Trinajstić information content (AvgIpc) is 2.48. The SMILES string of the molecule is CCCC1CN(C(C)(C)CNC)C(=O)N1. The molecule has 0 aromatic heterocycles. The van der Waals surface area contributed by atoms with Crippen LogP contribution < -0.4 is 10.6 Å². The normalized spacial score (nSPS) is 22.0. The lowest BCUT2D eigenvalue weighted by molar-refractivity contribution is 0.157. The molecule has 1 aliphatic rings. The van der Waals surface area contributed by atoms with Crippen molar-refractivity contribution in [2.45, 2.75) is 45.2 Å². The van der Waals surface area contributed by atoms with Gasteiger partial charge in [-0.1, -0.05) is 13.3 Å². The van der Waals surface area contributed by atoms with Crippen LogP contribution in [0, 0.1) is 0 Å². The molecule has 0 spiro atoms. The Morgan fingerprint density at radius 2 is 2.27 bits per heavy atom. The second-order valence-corrected chi connectivity index (χ2v) is 4.89. The Bertz CT molecular complexity index is 228. The molecule has 1 atom stereocenters. The summed E-state index contributed by atoms with van der Waals surface area (Å²) in [5.74, 6) is 0. The largest absolute Gasteiger partial charge is 0.333 e. The van der Waals surface area contributed by atoms with Gasteiger partial charge in [0, 0.05) is 19.1 Å². The first-order valence-electron chi connectivity index (χ1n) is 5.74. The molecule has 1 rings (SSSR count). The molecule has 0 aliphatic carbocycles. The van der Waals surface area contributed by atoms with E-state index in [0.29, 0.717) is 6.04 Å². The summed E-state index contributed by atoms with van der Waals surface area (Å²) in [4.78, 5) is 13.7. The molecule has 0 saturated carbocycles. The van der Waals surface area contributed by atoms with Gasteiger partial charge in [0.25, 0.3) is 0 Å². The van der Waals surface area contributed by atoms with Gasteiger partial charge in [-0.15, -0.1) is 0 Å². The molecule has 1 saturated heterocycles. The maximum Gasteiger partial charge on any atom is 0.318 e. The molecular formula is C11H23N3O. The number of urea groups is 1. The van der Waals surface area contributed by atoms with Gasteiger partial charge in [0.15, 0.2) is 0 Å². The van der Waals surface area contributed by atoms with Crippen LogP contribution in [-0.4, -0.2) is 42.6 Å². The minimum absolute atomic E-state index is 0.0775. The minimum Gasteiger partial charge on any atom is -0.333 e. The summed E-state index contributed by atoms with van der Waals surface area (Å²) in [6.07, 6.45) is 2.18. The Kier molecular flexibility index (Phi) is 3.97. The molecule has 1 aliphatic heterocycles. The van der Waals surface area contributed by atoms with E-state index in [4.69, 9.17) is 0 Å². The van der Waals surface area contributed by atoms with Crippen LogP contribution in [0.2, 0.25) is 0 Å². The van der Waals surface area contributed by atoms with Crippen LogP contribution >= 0.6 is 0 Å². The monoisotopic (exact) mass is 213 g/mol. The number of hydrogen-bond acceptors (Lipinski definition) is 2. The number of nitrogens with one attached hydrogen (secondary N) is 2. The van der Waals surface area contributed by atoms with E-state index in [-0.39, 0.29) is 11.6 Å². The smallest absolute Gasteiger partial charge is 0.318 e. The van der Waals surface area contributed by atoms with Gasteiger partial charge in [0.2, 0.25) is 0 Å². The fourth-order valence-electron chi connectivity index (χ4n) is 2.16. The van der Waals surface area contributed by atoms with Crippen LogP contribution in [0.3, 0.4) is 0 Å². The van der Waals surface area contributed by atoms with Gasteiger partial charge in [-0.2, -0.15) is 0 Å². The fraction of sp³-hybridized carbons (Fsp3) is 0.909. The summed E-state index contributed by atoms with van der Waals surface area (Å²) in [5.41, 5.74) is -0.110. The first-order chi connectivity index (χ1) is 7.01.